The van der Waals surface area contributed by atoms with Gasteiger partial charge in [0.05, 0.1) is 0 Å². The monoisotopic (exact) mass is 266 g/mol. The molecule has 0 atom stereocenters. The molecule has 4 heteroatoms. The van der Waals surface area contributed by atoms with Gasteiger partial charge in [0.15, 0.2) is 0 Å². The van der Waals surface area contributed by atoms with Crippen molar-refractivity contribution in [1.29, 1.82) is 0 Å². The number of nitrogens with zero attached hydrogens (tertiary/aromatic N) is 1. The molecule has 1 saturated heterocycles. The molecule has 0 bridgehead atoms. The van der Waals surface area contributed by atoms with Gasteiger partial charge in [0.25, 0.3) is 11.8 Å². The maximum Gasteiger partial charge on any atom is 0.258 e. The molecule has 2 aromatic rings. The van der Waals surface area contributed by atoms with Gasteiger partial charge < -0.3 is 4.90 Å². The van der Waals surface area contributed by atoms with Crippen LogP contribution in [0.5, 0.6) is 0 Å². The molecular formula is C16H14N2O2. The lowest BCUT2D eigenvalue weighted by molar-refractivity contribution is 0.0845. The zero-order chi connectivity index (χ0) is 13.7. The fourth-order valence-electron chi connectivity index (χ4n) is 3.24. The summed E-state index contributed by atoms with van der Waals surface area (Å²) in [6.45, 7) is 2.08. The number of carbonyl (C=O) groups excluding carboxylic acids is 2. The number of imide groups is 1. The van der Waals surface area contributed by atoms with E-state index in [-0.39, 0.29) is 11.8 Å². The number of hydrogen-bond acceptors (Lipinski definition) is 3. The second kappa shape index (κ2) is 4.07. The van der Waals surface area contributed by atoms with Crippen LogP contribution >= 0.6 is 0 Å². The van der Waals surface area contributed by atoms with Crippen LogP contribution < -0.4 is 10.2 Å². The second-order valence-electron chi connectivity index (χ2n) is 5.34. The molecule has 2 aliphatic heterocycles. The largest absolute Gasteiger partial charge is 0.371 e. The Labute approximate surface area is 116 Å². The first kappa shape index (κ1) is 11.5. The van der Waals surface area contributed by atoms with Crippen LogP contribution in [0.4, 0.5) is 5.69 Å². The molecule has 1 N–H and O–H groups in total. The maximum atomic E-state index is 12.0. The highest BCUT2D eigenvalue weighted by atomic mass is 16.2. The van der Waals surface area contributed by atoms with Gasteiger partial charge in [0, 0.05) is 40.7 Å². The Morgan fingerprint density at radius 3 is 2.35 bits per heavy atom. The fraction of sp³-hybridized carbons (Fsp3) is 0.250. The van der Waals surface area contributed by atoms with Crippen LogP contribution in [0.15, 0.2) is 30.3 Å². The van der Waals surface area contributed by atoms with Gasteiger partial charge in [-0.15, -0.1) is 0 Å². The summed E-state index contributed by atoms with van der Waals surface area (Å²) in [7, 11) is 0. The highest BCUT2D eigenvalue weighted by molar-refractivity contribution is 6.26. The second-order valence-corrected chi connectivity index (χ2v) is 5.34. The predicted molar refractivity (Wildman–Crippen MR) is 77.2 cm³/mol. The normalized spacial score (nSPS) is 17.7. The molecule has 4 nitrogen and oxygen atoms in total. The molecule has 1 fully saturated rings. The number of rotatable bonds is 1. The van der Waals surface area contributed by atoms with Gasteiger partial charge in [-0.05, 0) is 31.0 Å². The van der Waals surface area contributed by atoms with Crippen molar-refractivity contribution in [2.45, 2.75) is 12.8 Å². The van der Waals surface area contributed by atoms with Crippen LogP contribution in [-0.4, -0.2) is 24.9 Å². The predicted octanol–water partition coefficient (Wildman–Crippen LogP) is 2.32. The van der Waals surface area contributed by atoms with E-state index >= 15 is 0 Å². The zero-order valence-electron chi connectivity index (χ0n) is 11.0. The molecule has 0 radical (unpaired) electrons. The summed E-state index contributed by atoms with van der Waals surface area (Å²) in [6, 6.07) is 9.50. The summed E-state index contributed by atoms with van der Waals surface area (Å²) in [5.41, 5.74) is 2.32. The van der Waals surface area contributed by atoms with Crippen LogP contribution in [0.1, 0.15) is 33.6 Å². The summed E-state index contributed by atoms with van der Waals surface area (Å²) in [5, 5.41) is 4.19. The summed E-state index contributed by atoms with van der Waals surface area (Å²) >= 11 is 0. The molecule has 20 heavy (non-hydrogen) atoms. The molecule has 0 unspecified atom stereocenters. The first-order valence-electron chi connectivity index (χ1n) is 6.92. The quantitative estimate of drug-likeness (QED) is 0.806. The van der Waals surface area contributed by atoms with Crippen molar-refractivity contribution >= 4 is 28.3 Å². The average Bonchev–Trinajstić information content (AvgIpc) is 2.98. The van der Waals surface area contributed by atoms with Gasteiger partial charge in [-0.3, -0.25) is 14.9 Å². The Kier molecular flexibility index (Phi) is 2.33. The molecule has 0 saturated carbocycles. The average molecular weight is 266 g/mol. The van der Waals surface area contributed by atoms with Crippen LogP contribution in [-0.2, 0) is 0 Å². The standard InChI is InChI=1S/C16H14N2O2/c19-15-11-5-3-4-10-13(18-8-1-2-9-18)7-6-12(14(10)11)16(20)17-15/h3-7H,1-2,8-9H2,(H,17,19,20). The summed E-state index contributed by atoms with van der Waals surface area (Å²) in [4.78, 5) is 26.3. The van der Waals surface area contributed by atoms with E-state index in [0.717, 1.165) is 29.5 Å². The van der Waals surface area contributed by atoms with Crippen LogP contribution in [0.2, 0.25) is 0 Å². The van der Waals surface area contributed by atoms with Crippen LogP contribution in [0.3, 0.4) is 0 Å². The molecule has 2 heterocycles. The van der Waals surface area contributed by atoms with Crippen molar-refractivity contribution in [3.8, 4) is 0 Å². The number of hydrogen-bond donors (Lipinski definition) is 1. The van der Waals surface area contributed by atoms with Gasteiger partial charge in [-0.2, -0.15) is 0 Å². The Morgan fingerprint density at radius 1 is 0.900 bits per heavy atom. The highest BCUT2D eigenvalue weighted by Gasteiger charge is 2.26. The summed E-state index contributed by atoms with van der Waals surface area (Å²) < 4.78 is 0. The van der Waals surface area contributed by atoms with Crippen LogP contribution in [0.25, 0.3) is 10.8 Å². The fourth-order valence-corrected chi connectivity index (χ4v) is 3.24. The van der Waals surface area contributed by atoms with Gasteiger partial charge >= 0.3 is 0 Å². The van der Waals surface area contributed by atoms with Gasteiger partial charge in [-0.25, -0.2) is 0 Å². The molecule has 2 amide bonds. The lowest BCUT2D eigenvalue weighted by atomic mass is 9.94. The molecule has 4 rings (SSSR count). The topological polar surface area (TPSA) is 49.4 Å². The number of carbonyl (C=O) groups is 2. The lowest BCUT2D eigenvalue weighted by Crippen LogP contribution is -2.34. The minimum Gasteiger partial charge on any atom is -0.371 e. The van der Waals surface area contributed by atoms with E-state index < -0.39 is 0 Å². The summed E-state index contributed by atoms with van der Waals surface area (Å²) in [6.07, 6.45) is 2.39. The van der Waals surface area contributed by atoms with Gasteiger partial charge in [0.2, 0.25) is 0 Å². The number of benzene rings is 2. The molecular weight excluding hydrogens is 252 g/mol. The van der Waals surface area contributed by atoms with E-state index in [1.165, 1.54) is 12.8 Å². The Morgan fingerprint density at radius 2 is 1.60 bits per heavy atom. The SMILES string of the molecule is O=C1NC(=O)c2ccc(N3CCCC3)c3cccc1c23. The van der Waals surface area contributed by atoms with Crippen LogP contribution in [0, 0.1) is 0 Å². The van der Waals surface area contributed by atoms with Crippen molar-refractivity contribution in [2.24, 2.45) is 0 Å². The third kappa shape index (κ3) is 1.48. The van der Waals surface area contributed by atoms with Crippen molar-refractivity contribution in [3.63, 3.8) is 0 Å². The highest BCUT2D eigenvalue weighted by Crippen LogP contribution is 2.35. The lowest BCUT2D eigenvalue weighted by Gasteiger charge is -2.23. The Hall–Kier alpha value is -2.36. The third-order valence-electron chi connectivity index (χ3n) is 4.18. The number of anilines is 1. The molecule has 100 valence electrons. The van der Waals surface area contributed by atoms with Crippen molar-refractivity contribution in [1.82, 2.24) is 5.32 Å². The first-order chi connectivity index (χ1) is 9.75. The van der Waals surface area contributed by atoms with Crippen molar-refractivity contribution < 1.29 is 9.59 Å². The first-order valence-corrected chi connectivity index (χ1v) is 6.92. The van der Waals surface area contributed by atoms with E-state index in [1.54, 1.807) is 6.07 Å². The number of nitrogens with one attached hydrogen (secondary N) is 1. The smallest absolute Gasteiger partial charge is 0.258 e. The number of amides is 2. The van der Waals surface area contributed by atoms with Gasteiger partial charge in [0.1, 0.15) is 0 Å². The molecule has 2 aromatic carbocycles. The minimum atomic E-state index is -0.299. The van der Waals surface area contributed by atoms with Crippen molar-refractivity contribution in [2.75, 3.05) is 18.0 Å². The van der Waals surface area contributed by atoms with Gasteiger partial charge in [-0.1, -0.05) is 12.1 Å². The van der Waals surface area contributed by atoms with E-state index in [9.17, 15) is 9.59 Å². The molecule has 0 spiro atoms. The maximum absolute atomic E-state index is 12.0. The Balaban J connectivity index is 2.05. The molecule has 0 aromatic heterocycles. The summed E-state index contributed by atoms with van der Waals surface area (Å²) in [5.74, 6) is -0.599. The van der Waals surface area contributed by atoms with E-state index in [0.29, 0.717) is 11.1 Å². The van der Waals surface area contributed by atoms with Crippen molar-refractivity contribution in [3.05, 3.63) is 41.5 Å². The minimum absolute atomic E-state index is 0.299. The zero-order valence-corrected chi connectivity index (χ0v) is 11.0. The van der Waals surface area contributed by atoms with E-state index in [4.69, 9.17) is 0 Å². The Bertz CT molecular complexity index is 725. The van der Waals surface area contributed by atoms with E-state index in [1.807, 2.05) is 24.3 Å². The van der Waals surface area contributed by atoms with E-state index in [2.05, 4.69) is 10.2 Å². The molecule has 2 aliphatic rings. The molecule has 0 aliphatic carbocycles. The third-order valence-corrected chi connectivity index (χ3v) is 4.18.